The van der Waals surface area contributed by atoms with Gasteiger partial charge in [-0.25, -0.2) is 4.79 Å². The van der Waals surface area contributed by atoms with Crippen molar-refractivity contribution in [3.8, 4) is 0 Å². The summed E-state index contributed by atoms with van der Waals surface area (Å²) < 4.78 is 48.1. The number of methoxy groups -OCH3 is 1. The topological polar surface area (TPSA) is 39.2 Å². The third kappa shape index (κ3) is 2.15. The highest BCUT2D eigenvalue weighted by Crippen LogP contribution is 2.45. The summed E-state index contributed by atoms with van der Waals surface area (Å²) in [6.45, 7) is 0. The maximum Gasteiger partial charge on any atom is 0.416 e. The van der Waals surface area contributed by atoms with Gasteiger partial charge in [0, 0.05) is 11.3 Å². The van der Waals surface area contributed by atoms with Gasteiger partial charge in [0.05, 0.1) is 28.6 Å². The first-order chi connectivity index (χ1) is 9.41. The maximum atomic E-state index is 12.9. The summed E-state index contributed by atoms with van der Waals surface area (Å²) in [5.74, 6) is -0.551. The van der Waals surface area contributed by atoms with E-state index in [1.54, 1.807) is 0 Å². The van der Waals surface area contributed by atoms with Crippen molar-refractivity contribution in [2.24, 2.45) is 0 Å². The van der Waals surface area contributed by atoms with Crippen molar-refractivity contribution in [2.45, 2.75) is 24.9 Å². The second-order valence-corrected chi connectivity index (χ2v) is 5.51. The van der Waals surface area contributed by atoms with Gasteiger partial charge in [0.15, 0.2) is 0 Å². The number of carbonyl (C=O) groups is 1. The number of halogens is 3. The zero-order valence-corrected chi connectivity index (χ0v) is 11.3. The van der Waals surface area contributed by atoms with Crippen molar-refractivity contribution < 1.29 is 22.7 Å². The maximum absolute atomic E-state index is 12.9. The van der Waals surface area contributed by atoms with Gasteiger partial charge in [0.1, 0.15) is 0 Å². The molecule has 3 rings (SSSR count). The normalized spacial score (nSPS) is 15.6. The summed E-state index contributed by atoms with van der Waals surface area (Å²) in [4.78, 5) is 11.7. The molecule has 0 unspecified atom stereocenters. The molecule has 3 nitrogen and oxygen atoms in total. The van der Waals surface area contributed by atoms with Crippen molar-refractivity contribution in [3.05, 3.63) is 29.0 Å². The third-order valence-corrected chi connectivity index (χ3v) is 4.21. The number of carbonyl (C=O) groups excluding carboxylic acids is 1. The van der Waals surface area contributed by atoms with Crippen molar-refractivity contribution in [3.63, 3.8) is 0 Å². The van der Waals surface area contributed by atoms with Crippen molar-refractivity contribution in [2.75, 3.05) is 7.11 Å². The van der Waals surface area contributed by atoms with E-state index in [1.807, 2.05) is 0 Å². The fourth-order valence-electron chi connectivity index (χ4n) is 2.14. The van der Waals surface area contributed by atoms with Gasteiger partial charge in [-0.3, -0.25) is 0 Å². The molecule has 1 fully saturated rings. The quantitative estimate of drug-likeness (QED) is 0.788. The Labute approximate surface area is 116 Å². The Morgan fingerprint density at radius 2 is 2.10 bits per heavy atom. The van der Waals surface area contributed by atoms with Crippen LogP contribution < -0.4 is 0 Å². The van der Waals surface area contributed by atoms with Crippen molar-refractivity contribution in [1.82, 2.24) is 4.37 Å². The van der Waals surface area contributed by atoms with Gasteiger partial charge in [0.25, 0.3) is 0 Å². The Morgan fingerprint density at radius 3 is 2.65 bits per heavy atom. The van der Waals surface area contributed by atoms with Crippen LogP contribution in [0.3, 0.4) is 0 Å². The molecule has 0 spiro atoms. The van der Waals surface area contributed by atoms with E-state index in [0.717, 1.165) is 43.6 Å². The largest absolute Gasteiger partial charge is 0.465 e. The third-order valence-electron chi connectivity index (χ3n) is 3.30. The lowest BCUT2D eigenvalue weighted by Gasteiger charge is -2.09. The van der Waals surface area contributed by atoms with E-state index < -0.39 is 17.7 Å². The predicted octanol–water partition coefficient (Wildman–Crippen LogP) is 3.98. The van der Waals surface area contributed by atoms with Gasteiger partial charge in [-0.15, -0.1) is 0 Å². The van der Waals surface area contributed by atoms with Crippen LogP contribution in [0.1, 0.15) is 40.4 Å². The molecular weight excluding hydrogens is 291 g/mol. The monoisotopic (exact) mass is 301 g/mol. The van der Waals surface area contributed by atoms with Crippen LogP contribution in [0.25, 0.3) is 10.1 Å². The molecule has 0 bridgehead atoms. The van der Waals surface area contributed by atoms with Crippen LogP contribution in [0.4, 0.5) is 13.2 Å². The molecule has 0 radical (unpaired) electrons. The number of esters is 1. The minimum absolute atomic E-state index is 0.0678. The van der Waals surface area contributed by atoms with Crippen LogP contribution >= 0.6 is 11.5 Å². The Morgan fingerprint density at radius 1 is 1.40 bits per heavy atom. The zero-order chi connectivity index (χ0) is 14.5. The Balaban J connectivity index is 2.27. The fraction of sp³-hybridized carbons (Fsp3) is 0.385. The Kier molecular flexibility index (Phi) is 2.97. The highest BCUT2D eigenvalue weighted by atomic mass is 32.1. The molecule has 0 aliphatic heterocycles. The van der Waals surface area contributed by atoms with Crippen LogP contribution in [-0.4, -0.2) is 17.5 Å². The van der Waals surface area contributed by atoms with E-state index in [0.29, 0.717) is 15.8 Å². The lowest BCUT2D eigenvalue weighted by atomic mass is 10.0. The number of hydrogen-bond donors (Lipinski definition) is 0. The lowest BCUT2D eigenvalue weighted by Crippen LogP contribution is -2.09. The van der Waals surface area contributed by atoms with Gasteiger partial charge in [-0.05, 0) is 36.5 Å². The molecule has 106 valence electrons. The Bertz CT molecular complexity index is 689. The van der Waals surface area contributed by atoms with Gasteiger partial charge in [0.2, 0.25) is 0 Å². The summed E-state index contributed by atoms with van der Waals surface area (Å²) in [6.07, 6.45) is -2.63. The molecule has 1 aromatic carbocycles. The van der Waals surface area contributed by atoms with Gasteiger partial charge in [-0.2, -0.15) is 17.5 Å². The minimum Gasteiger partial charge on any atom is -0.465 e. The number of aromatic nitrogens is 1. The number of fused-ring (bicyclic) bond motifs is 1. The molecule has 0 amide bonds. The van der Waals surface area contributed by atoms with Crippen LogP contribution in [0.15, 0.2) is 12.1 Å². The van der Waals surface area contributed by atoms with E-state index in [4.69, 9.17) is 0 Å². The number of alkyl halides is 3. The van der Waals surface area contributed by atoms with Crippen LogP contribution in [0.2, 0.25) is 0 Å². The summed E-state index contributed by atoms with van der Waals surface area (Å²) >= 11 is 1.05. The highest BCUT2D eigenvalue weighted by molar-refractivity contribution is 7.13. The fourth-order valence-corrected chi connectivity index (χ4v) is 3.08. The number of nitrogens with zero attached hydrogens (tertiary/aromatic N) is 1. The average molecular weight is 301 g/mol. The number of hydrogen-bond acceptors (Lipinski definition) is 4. The van der Waals surface area contributed by atoms with Crippen LogP contribution in [0, 0.1) is 0 Å². The van der Waals surface area contributed by atoms with Crippen molar-refractivity contribution >= 4 is 27.6 Å². The van der Waals surface area contributed by atoms with Crippen molar-refractivity contribution in [1.29, 1.82) is 0 Å². The second kappa shape index (κ2) is 4.44. The molecule has 1 saturated carbocycles. The van der Waals surface area contributed by atoms with E-state index in [9.17, 15) is 18.0 Å². The van der Waals surface area contributed by atoms with Crippen LogP contribution in [-0.2, 0) is 10.9 Å². The van der Waals surface area contributed by atoms with E-state index in [-0.39, 0.29) is 11.5 Å². The molecule has 20 heavy (non-hydrogen) atoms. The predicted molar refractivity (Wildman–Crippen MR) is 67.9 cm³/mol. The molecule has 2 aromatic rings. The number of rotatable bonds is 2. The molecule has 1 aromatic heterocycles. The van der Waals surface area contributed by atoms with E-state index >= 15 is 0 Å². The smallest absolute Gasteiger partial charge is 0.416 e. The molecule has 0 N–H and O–H groups in total. The number of benzene rings is 1. The van der Waals surface area contributed by atoms with Gasteiger partial charge >= 0.3 is 12.1 Å². The minimum atomic E-state index is -4.50. The first-order valence-electron chi connectivity index (χ1n) is 6.00. The van der Waals surface area contributed by atoms with E-state index in [2.05, 4.69) is 9.11 Å². The lowest BCUT2D eigenvalue weighted by molar-refractivity contribution is -0.137. The molecule has 1 aliphatic rings. The summed E-state index contributed by atoms with van der Waals surface area (Å²) in [7, 11) is 1.15. The molecular formula is C13H10F3NO2S. The van der Waals surface area contributed by atoms with Gasteiger partial charge < -0.3 is 4.74 Å². The number of ether oxygens (including phenoxy) is 1. The summed E-state index contributed by atoms with van der Waals surface area (Å²) in [5, 5.41) is 0.424. The standard InChI is InChI=1S/C13H10F3NO2S/c1-19-12(18)9-5-7(13(14,15)16)4-8-10(6-2-3-6)17-20-11(8)9/h4-6H,2-3H2,1H3. The SMILES string of the molecule is COC(=O)c1cc(C(F)(F)F)cc2c(C3CC3)nsc12. The molecule has 0 atom stereocenters. The molecule has 1 aliphatic carbocycles. The summed E-state index contributed by atoms with van der Waals surface area (Å²) in [6, 6.07) is 1.92. The first kappa shape index (κ1) is 13.4. The molecule has 7 heteroatoms. The highest BCUT2D eigenvalue weighted by Gasteiger charge is 2.35. The second-order valence-electron chi connectivity index (χ2n) is 4.73. The van der Waals surface area contributed by atoms with Crippen LogP contribution in [0.5, 0.6) is 0 Å². The van der Waals surface area contributed by atoms with Gasteiger partial charge in [-0.1, -0.05) is 0 Å². The average Bonchev–Trinajstić information content (AvgIpc) is 3.15. The zero-order valence-electron chi connectivity index (χ0n) is 10.5. The Hall–Kier alpha value is -1.63. The molecule has 1 heterocycles. The first-order valence-corrected chi connectivity index (χ1v) is 6.78. The molecule has 0 saturated heterocycles. The van der Waals surface area contributed by atoms with E-state index in [1.165, 1.54) is 0 Å². The summed E-state index contributed by atoms with van der Waals surface area (Å²) in [5.41, 5.74) is -0.240.